The second-order valence-electron chi connectivity index (χ2n) is 4.57. The van der Waals surface area contributed by atoms with Gasteiger partial charge in [-0.3, -0.25) is 4.79 Å². The van der Waals surface area contributed by atoms with E-state index in [2.05, 4.69) is 15.5 Å². The molecule has 1 aliphatic rings. The van der Waals surface area contributed by atoms with Crippen molar-refractivity contribution in [2.24, 2.45) is 11.7 Å². The second-order valence-corrected chi connectivity index (χ2v) is 4.57. The average molecular weight is 238 g/mol. The Hall–Kier alpha value is -1.43. The number of nitrogens with two attached hydrogens (primary N) is 1. The van der Waals surface area contributed by atoms with Crippen molar-refractivity contribution < 1.29 is 9.32 Å². The number of carbonyl (C=O) groups excluding carboxylic acids is 1. The van der Waals surface area contributed by atoms with Crippen molar-refractivity contribution in [2.75, 3.05) is 0 Å². The number of rotatable bonds is 4. The van der Waals surface area contributed by atoms with Gasteiger partial charge in [0.15, 0.2) is 5.82 Å². The summed E-state index contributed by atoms with van der Waals surface area (Å²) in [5.74, 6) is 1.34. The fourth-order valence-corrected chi connectivity index (χ4v) is 2.22. The smallest absolute Gasteiger partial charge is 0.223 e. The van der Waals surface area contributed by atoms with Crippen LogP contribution in [0.2, 0.25) is 0 Å². The maximum atomic E-state index is 11.7. The molecule has 1 saturated carbocycles. The molecule has 1 aromatic rings. The summed E-state index contributed by atoms with van der Waals surface area (Å²) < 4.78 is 4.81. The monoisotopic (exact) mass is 238 g/mol. The van der Waals surface area contributed by atoms with Crippen molar-refractivity contribution >= 4 is 5.91 Å². The molecule has 2 rings (SSSR count). The minimum atomic E-state index is 0.00908. The summed E-state index contributed by atoms with van der Waals surface area (Å²) in [5, 5.41) is 6.49. The van der Waals surface area contributed by atoms with E-state index < -0.39 is 0 Å². The first-order valence-corrected chi connectivity index (χ1v) is 5.96. The van der Waals surface area contributed by atoms with E-state index in [1.54, 1.807) is 6.92 Å². The summed E-state index contributed by atoms with van der Waals surface area (Å²) in [6, 6.07) is 0.174. The highest BCUT2D eigenvalue weighted by Crippen LogP contribution is 2.26. The van der Waals surface area contributed by atoms with Crippen LogP contribution in [0.3, 0.4) is 0 Å². The number of hydrogen-bond donors (Lipinski definition) is 2. The lowest BCUT2D eigenvalue weighted by atomic mass is 10.00. The SMILES string of the molecule is Cc1nc(CNC(=O)C[C@@H]2CCC[C@H]2N)no1. The molecule has 6 heteroatoms. The van der Waals surface area contributed by atoms with Crippen molar-refractivity contribution in [1.82, 2.24) is 15.5 Å². The van der Waals surface area contributed by atoms with Gasteiger partial charge in [-0.2, -0.15) is 4.98 Å². The Morgan fingerprint density at radius 2 is 2.41 bits per heavy atom. The lowest BCUT2D eigenvalue weighted by Crippen LogP contribution is -2.31. The highest BCUT2D eigenvalue weighted by Gasteiger charge is 2.25. The lowest BCUT2D eigenvalue weighted by Gasteiger charge is -2.14. The van der Waals surface area contributed by atoms with Crippen molar-refractivity contribution in [3.63, 3.8) is 0 Å². The van der Waals surface area contributed by atoms with Crippen molar-refractivity contribution in [3.8, 4) is 0 Å². The van der Waals surface area contributed by atoms with E-state index >= 15 is 0 Å². The molecule has 0 saturated heterocycles. The van der Waals surface area contributed by atoms with Crippen LogP contribution in [0.1, 0.15) is 37.4 Å². The molecule has 1 heterocycles. The molecule has 0 spiro atoms. The molecule has 0 radical (unpaired) electrons. The third kappa shape index (κ3) is 3.26. The van der Waals surface area contributed by atoms with Gasteiger partial charge in [0.1, 0.15) is 0 Å². The summed E-state index contributed by atoms with van der Waals surface area (Å²) in [6.45, 7) is 2.04. The first-order valence-electron chi connectivity index (χ1n) is 5.96. The second kappa shape index (κ2) is 5.27. The number of amides is 1. The van der Waals surface area contributed by atoms with Crippen LogP contribution < -0.4 is 11.1 Å². The zero-order chi connectivity index (χ0) is 12.3. The first kappa shape index (κ1) is 12.0. The van der Waals surface area contributed by atoms with Gasteiger partial charge in [0, 0.05) is 19.4 Å². The summed E-state index contributed by atoms with van der Waals surface area (Å²) in [6.07, 6.45) is 3.71. The van der Waals surface area contributed by atoms with Crippen LogP contribution in [0.4, 0.5) is 0 Å². The van der Waals surface area contributed by atoms with E-state index in [0.29, 0.717) is 30.6 Å². The van der Waals surface area contributed by atoms with Crippen LogP contribution in [0.15, 0.2) is 4.52 Å². The van der Waals surface area contributed by atoms with E-state index in [0.717, 1.165) is 19.3 Å². The Morgan fingerprint density at radius 1 is 1.59 bits per heavy atom. The summed E-state index contributed by atoms with van der Waals surface area (Å²) >= 11 is 0. The van der Waals surface area contributed by atoms with Gasteiger partial charge in [-0.05, 0) is 18.8 Å². The molecule has 0 aromatic carbocycles. The molecule has 1 amide bonds. The minimum absolute atomic E-state index is 0.00908. The molecular weight excluding hydrogens is 220 g/mol. The predicted octanol–water partition coefficient (Wildman–Crippen LogP) is 0.512. The van der Waals surface area contributed by atoms with E-state index in [1.807, 2.05) is 0 Å². The van der Waals surface area contributed by atoms with Gasteiger partial charge in [0.2, 0.25) is 11.8 Å². The molecule has 1 fully saturated rings. The van der Waals surface area contributed by atoms with Crippen LogP contribution >= 0.6 is 0 Å². The Balaban J connectivity index is 1.74. The van der Waals surface area contributed by atoms with Gasteiger partial charge in [0.25, 0.3) is 0 Å². The standard InChI is InChI=1S/C11H18N4O2/c1-7-14-10(15-17-7)6-13-11(16)5-8-3-2-4-9(8)12/h8-9H,2-6,12H2,1H3,(H,13,16)/t8-,9+/m0/s1. The summed E-state index contributed by atoms with van der Waals surface area (Å²) in [5.41, 5.74) is 5.92. The van der Waals surface area contributed by atoms with E-state index in [-0.39, 0.29) is 11.9 Å². The highest BCUT2D eigenvalue weighted by atomic mass is 16.5. The van der Waals surface area contributed by atoms with Crippen molar-refractivity contribution in [2.45, 2.75) is 45.2 Å². The molecule has 3 N–H and O–H groups in total. The maximum Gasteiger partial charge on any atom is 0.223 e. The molecule has 1 aliphatic carbocycles. The predicted molar refractivity (Wildman–Crippen MR) is 60.8 cm³/mol. The van der Waals surface area contributed by atoms with Gasteiger partial charge in [-0.1, -0.05) is 11.6 Å². The lowest BCUT2D eigenvalue weighted by molar-refractivity contribution is -0.122. The van der Waals surface area contributed by atoms with Gasteiger partial charge in [0.05, 0.1) is 6.54 Å². The fourth-order valence-electron chi connectivity index (χ4n) is 2.22. The van der Waals surface area contributed by atoms with Crippen LogP contribution in [0, 0.1) is 12.8 Å². The molecule has 0 aliphatic heterocycles. The Bertz CT molecular complexity index is 391. The quantitative estimate of drug-likeness (QED) is 0.797. The molecule has 0 unspecified atom stereocenters. The number of carbonyl (C=O) groups is 1. The molecule has 0 bridgehead atoms. The zero-order valence-corrected chi connectivity index (χ0v) is 9.98. The van der Waals surface area contributed by atoms with E-state index in [9.17, 15) is 4.79 Å². The number of hydrogen-bond acceptors (Lipinski definition) is 5. The highest BCUT2D eigenvalue weighted by molar-refractivity contribution is 5.76. The van der Waals surface area contributed by atoms with Gasteiger partial charge >= 0.3 is 0 Å². The molecule has 6 nitrogen and oxygen atoms in total. The number of nitrogens with zero attached hydrogens (tertiary/aromatic N) is 2. The van der Waals surface area contributed by atoms with Crippen LogP contribution in [-0.4, -0.2) is 22.1 Å². The molecule has 94 valence electrons. The molecule has 17 heavy (non-hydrogen) atoms. The zero-order valence-electron chi connectivity index (χ0n) is 9.98. The van der Waals surface area contributed by atoms with Gasteiger partial charge in [-0.15, -0.1) is 0 Å². The van der Waals surface area contributed by atoms with E-state index in [1.165, 1.54) is 0 Å². The van der Waals surface area contributed by atoms with Crippen LogP contribution in [0.5, 0.6) is 0 Å². The Morgan fingerprint density at radius 3 is 3.00 bits per heavy atom. The Labute approximate surface area is 99.9 Å². The van der Waals surface area contributed by atoms with Crippen LogP contribution in [-0.2, 0) is 11.3 Å². The Kier molecular flexibility index (Phi) is 3.73. The summed E-state index contributed by atoms with van der Waals surface area (Å²) in [4.78, 5) is 15.7. The largest absolute Gasteiger partial charge is 0.349 e. The minimum Gasteiger partial charge on any atom is -0.349 e. The number of aromatic nitrogens is 2. The van der Waals surface area contributed by atoms with Crippen molar-refractivity contribution in [1.29, 1.82) is 0 Å². The first-order chi connectivity index (χ1) is 8.15. The maximum absolute atomic E-state index is 11.7. The van der Waals surface area contributed by atoms with Crippen LogP contribution in [0.25, 0.3) is 0 Å². The summed E-state index contributed by atoms with van der Waals surface area (Å²) in [7, 11) is 0. The van der Waals surface area contributed by atoms with Crippen molar-refractivity contribution in [3.05, 3.63) is 11.7 Å². The van der Waals surface area contributed by atoms with Gasteiger partial charge < -0.3 is 15.6 Å². The third-order valence-electron chi connectivity index (χ3n) is 3.18. The van der Waals surface area contributed by atoms with Gasteiger partial charge in [-0.25, -0.2) is 0 Å². The fraction of sp³-hybridized carbons (Fsp3) is 0.727. The topological polar surface area (TPSA) is 94.0 Å². The number of nitrogens with one attached hydrogen (secondary N) is 1. The van der Waals surface area contributed by atoms with E-state index in [4.69, 9.17) is 10.3 Å². The third-order valence-corrected chi connectivity index (χ3v) is 3.18. The number of aryl methyl sites for hydroxylation is 1. The molecule has 1 aromatic heterocycles. The molecular formula is C11H18N4O2. The molecule has 2 atom stereocenters. The normalized spacial score (nSPS) is 23.9. The average Bonchev–Trinajstić information content (AvgIpc) is 2.86.